The second-order valence-corrected chi connectivity index (χ2v) is 7.69. The van der Waals surface area contributed by atoms with Crippen molar-refractivity contribution in [3.05, 3.63) is 12.2 Å². The molecule has 1 heterocycles. The van der Waals surface area contributed by atoms with Gasteiger partial charge < -0.3 is 14.2 Å². The summed E-state index contributed by atoms with van der Waals surface area (Å²) in [4.78, 5) is 35.4. The van der Waals surface area contributed by atoms with Gasteiger partial charge in [0.15, 0.2) is 0 Å². The Hall–Kier alpha value is -1.85. The molecule has 1 aliphatic heterocycles. The molecule has 138 valence electrons. The highest BCUT2D eigenvalue weighted by molar-refractivity contribution is 5.91. The number of esters is 3. The van der Waals surface area contributed by atoms with E-state index in [0.29, 0.717) is 17.9 Å². The zero-order valence-electron chi connectivity index (χ0n) is 15.1. The molecular formula is C19H26O6. The minimum Gasteiger partial charge on any atom is -0.465 e. The molecule has 3 rings (SSSR count). The highest BCUT2D eigenvalue weighted by Gasteiger charge is 2.65. The van der Waals surface area contributed by atoms with Crippen molar-refractivity contribution >= 4 is 17.9 Å². The van der Waals surface area contributed by atoms with Crippen LogP contribution in [0, 0.1) is 23.2 Å². The number of carbonyl (C=O) groups excluding carboxylic acids is 3. The molecule has 3 aliphatic rings. The summed E-state index contributed by atoms with van der Waals surface area (Å²) in [7, 11) is 0. The maximum absolute atomic E-state index is 12.2. The molecule has 2 aliphatic carbocycles. The first-order chi connectivity index (χ1) is 11.8. The van der Waals surface area contributed by atoms with Gasteiger partial charge in [-0.15, -0.1) is 0 Å². The predicted octanol–water partition coefficient (Wildman–Crippen LogP) is 2.41. The van der Waals surface area contributed by atoms with Crippen LogP contribution in [0.25, 0.3) is 0 Å². The van der Waals surface area contributed by atoms with Gasteiger partial charge in [-0.1, -0.05) is 13.5 Å². The largest absolute Gasteiger partial charge is 0.465 e. The Morgan fingerprint density at radius 1 is 1.20 bits per heavy atom. The molecule has 0 aromatic heterocycles. The van der Waals surface area contributed by atoms with E-state index < -0.39 is 23.6 Å². The zero-order chi connectivity index (χ0) is 18.4. The van der Waals surface area contributed by atoms with Crippen LogP contribution in [0.5, 0.6) is 0 Å². The fraction of sp³-hybridized carbons (Fsp3) is 0.737. The van der Waals surface area contributed by atoms with E-state index in [9.17, 15) is 14.4 Å². The fourth-order valence-electron chi connectivity index (χ4n) is 5.25. The summed E-state index contributed by atoms with van der Waals surface area (Å²) in [5.41, 5.74) is -0.221. The first-order valence-electron chi connectivity index (χ1n) is 8.97. The zero-order valence-corrected chi connectivity index (χ0v) is 15.1. The van der Waals surface area contributed by atoms with E-state index in [1.807, 2.05) is 0 Å². The van der Waals surface area contributed by atoms with Crippen LogP contribution in [0.15, 0.2) is 12.2 Å². The highest BCUT2D eigenvalue weighted by Crippen LogP contribution is 2.59. The Kier molecular flexibility index (Phi) is 4.64. The van der Waals surface area contributed by atoms with Crippen LogP contribution < -0.4 is 0 Å². The quantitative estimate of drug-likeness (QED) is 0.442. The number of rotatable bonds is 3. The molecule has 3 fully saturated rings. The molecule has 6 heteroatoms. The maximum atomic E-state index is 12.2. The minimum atomic E-state index is -0.701. The monoisotopic (exact) mass is 350 g/mol. The second kappa shape index (κ2) is 6.46. The van der Waals surface area contributed by atoms with Crippen molar-refractivity contribution in [3.8, 4) is 0 Å². The molecule has 0 radical (unpaired) electrons. The van der Waals surface area contributed by atoms with Gasteiger partial charge in [0.25, 0.3) is 0 Å². The average Bonchev–Trinajstić information content (AvgIpc) is 2.98. The van der Waals surface area contributed by atoms with Gasteiger partial charge in [0.05, 0.1) is 5.41 Å². The van der Waals surface area contributed by atoms with Crippen LogP contribution >= 0.6 is 0 Å². The lowest BCUT2D eigenvalue weighted by Crippen LogP contribution is -2.53. The average molecular weight is 350 g/mol. The first-order valence-corrected chi connectivity index (χ1v) is 8.97. The molecule has 0 aromatic carbocycles. The van der Waals surface area contributed by atoms with Crippen molar-refractivity contribution in [3.63, 3.8) is 0 Å². The SMILES string of the molecule is C=C1C(=O)OC2C1CCC(C)C1CCC(OC(C)=O)C12COC(C)=O. The Morgan fingerprint density at radius 2 is 1.92 bits per heavy atom. The molecule has 0 amide bonds. The number of hydrogen-bond donors (Lipinski definition) is 0. The molecule has 6 unspecified atom stereocenters. The molecule has 25 heavy (non-hydrogen) atoms. The van der Waals surface area contributed by atoms with Gasteiger partial charge in [-0.05, 0) is 37.5 Å². The van der Waals surface area contributed by atoms with E-state index >= 15 is 0 Å². The summed E-state index contributed by atoms with van der Waals surface area (Å²) in [6.07, 6.45) is 2.39. The van der Waals surface area contributed by atoms with E-state index in [0.717, 1.165) is 19.3 Å². The van der Waals surface area contributed by atoms with Gasteiger partial charge in [-0.2, -0.15) is 0 Å². The van der Waals surface area contributed by atoms with Crippen molar-refractivity contribution in [2.24, 2.45) is 23.2 Å². The normalized spacial score (nSPS) is 39.9. The van der Waals surface area contributed by atoms with E-state index in [-0.39, 0.29) is 30.4 Å². The Bertz CT molecular complexity index is 611. The molecule has 6 atom stereocenters. The van der Waals surface area contributed by atoms with Crippen molar-refractivity contribution in [2.45, 2.75) is 58.7 Å². The van der Waals surface area contributed by atoms with Crippen LogP contribution in [0.1, 0.15) is 46.5 Å². The van der Waals surface area contributed by atoms with Crippen molar-refractivity contribution in [1.29, 1.82) is 0 Å². The van der Waals surface area contributed by atoms with Gasteiger partial charge in [-0.25, -0.2) is 4.79 Å². The number of carbonyl (C=O) groups is 3. The Labute approximate surface area is 147 Å². The summed E-state index contributed by atoms with van der Waals surface area (Å²) in [5, 5.41) is 0. The summed E-state index contributed by atoms with van der Waals surface area (Å²) < 4.78 is 16.8. The van der Waals surface area contributed by atoms with Gasteiger partial charge in [0.1, 0.15) is 18.8 Å². The van der Waals surface area contributed by atoms with E-state index in [1.54, 1.807) is 0 Å². The van der Waals surface area contributed by atoms with Gasteiger partial charge in [0.2, 0.25) is 0 Å². The first kappa shape index (κ1) is 18.0. The van der Waals surface area contributed by atoms with Gasteiger partial charge in [-0.3, -0.25) is 9.59 Å². The third-order valence-electron chi connectivity index (χ3n) is 6.32. The lowest BCUT2D eigenvalue weighted by atomic mass is 9.67. The number of fused-ring (bicyclic) bond motifs is 3. The summed E-state index contributed by atoms with van der Waals surface area (Å²) >= 11 is 0. The minimum absolute atomic E-state index is 0.0943. The molecule has 1 saturated heterocycles. The molecule has 0 aromatic rings. The van der Waals surface area contributed by atoms with Crippen LogP contribution in [-0.2, 0) is 28.6 Å². The predicted molar refractivity (Wildman–Crippen MR) is 88.3 cm³/mol. The molecule has 6 nitrogen and oxygen atoms in total. The highest BCUT2D eigenvalue weighted by atomic mass is 16.6. The Morgan fingerprint density at radius 3 is 2.56 bits per heavy atom. The van der Waals surface area contributed by atoms with Gasteiger partial charge >= 0.3 is 17.9 Å². The maximum Gasteiger partial charge on any atom is 0.334 e. The third-order valence-corrected chi connectivity index (χ3v) is 6.32. The van der Waals surface area contributed by atoms with Crippen molar-refractivity contribution in [2.75, 3.05) is 6.61 Å². The fourth-order valence-corrected chi connectivity index (χ4v) is 5.25. The Balaban J connectivity index is 2.07. The van der Waals surface area contributed by atoms with Crippen LogP contribution in [0.3, 0.4) is 0 Å². The topological polar surface area (TPSA) is 78.9 Å². The smallest absolute Gasteiger partial charge is 0.334 e. The second-order valence-electron chi connectivity index (χ2n) is 7.69. The lowest BCUT2D eigenvalue weighted by Gasteiger charge is -2.43. The van der Waals surface area contributed by atoms with Crippen molar-refractivity contribution in [1.82, 2.24) is 0 Å². The van der Waals surface area contributed by atoms with Crippen LogP contribution in [-0.4, -0.2) is 36.7 Å². The third kappa shape index (κ3) is 2.85. The summed E-state index contributed by atoms with van der Waals surface area (Å²) in [5.74, 6) is -0.758. The standard InChI is InChI=1S/C19H26O6/c1-10-5-6-14-11(2)18(22)25-17(14)19(9-23-12(3)20)15(10)7-8-16(19)24-13(4)21/h10,14-17H,2,5-9H2,1,3-4H3. The van der Waals surface area contributed by atoms with Crippen LogP contribution in [0.2, 0.25) is 0 Å². The summed E-state index contributed by atoms with van der Waals surface area (Å²) in [6.45, 7) is 8.93. The lowest BCUT2D eigenvalue weighted by molar-refractivity contribution is -0.182. The van der Waals surface area contributed by atoms with Crippen LogP contribution in [0.4, 0.5) is 0 Å². The molecule has 0 spiro atoms. The molecule has 0 N–H and O–H groups in total. The molecular weight excluding hydrogens is 324 g/mol. The number of hydrogen-bond acceptors (Lipinski definition) is 6. The van der Waals surface area contributed by atoms with E-state index in [2.05, 4.69) is 13.5 Å². The van der Waals surface area contributed by atoms with Gasteiger partial charge in [0, 0.05) is 25.3 Å². The van der Waals surface area contributed by atoms with E-state index in [1.165, 1.54) is 13.8 Å². The van der Waals surface area contributed by atoms with E-state index in [4.69, 9.17) is 14.2 Å². The molecule has 0 bridgehead atoms. The summed E-state index contributed by atoms with van der Waals surface area (Å²) in [6, 6.07) is 0. The molecule has 2 saturated carbocycles. The number of ether oxygens (including phenoxy) is 3. The van der Waals surface area contributed by atoms with Crippen molar-refractivity contribution < 1.29 is 28.6 Å².